The first-order chi connectivity index (χ1) is 7.58. The van der Waals surface area contributed by atoms with Crippen molar-refractivity contribution in [1.29, 1.82) is 0 Å². The van der Waals surface area contributed by atoms with Crippen LogP contribution in [-0.4, -0.2) is 4.68 Å². The Balaban J connectivity index is 2.08. The third kappa shape index (κ3) is 2.35. The molecule has 0 unspecified atom stereocenters. The zero-order valence-corrected chi connectivity index (χ0v) is 12.2. The largest absolute Gasteiger partial charge is 0.451 e. The fourth-order valence-corrected chi connectivity index (χ4v) is 2.21. The van der Waals surface area contributed by atoms with Crippen molar-refractivity contribution in [3.63, 3.8) is 0 Å². The quantitative estimate of drug-likeness (QED) is 0.910. The molecule has 0 aliphatic rings. The smallest absolute Gasteiger partial charge is 0.183 e. The highest BCUT2D eigenvalue weighted by Gasteiger charge is 2.06. The minimum atomic E-state index is 0.653. The van der Waals surface area contributed by atoms with Crippen molar-refractivity contribution in [2.45, 2.75) is 20.4 Å². The van der Waals surface area contributed by atoms with Gasteiger partial charge in [-0.1, -0.05) is 0 Å². The average molecular weight is 348 g/mol. The molecular weight excluding hydrogens is 336 g/mol. The van der Waals surface area contributed by atoms with Gasteiger partial charge in [0.25, 0.3) is 0 Å². The molecule has 0 aromatic carbocycles. The highest BCUT2D eigenvalue weighted by Crippen LogP contribution is 2.26. The summed E-state index contributed by atoms with van der Waals surface area (Å²) in [7, 11) is 0. The van der Waals surface area contributed by atoms with Gasteiger partial charge >= 0.3 is 0 Å². The van der Waals surface area contributed by atoms with Crippen LogP contribution in [-0.2, 0) is 6.54 Å². The molecule has 0 radical (unpaired) electrons. The number of nitrogens with zero attached hydrogens (tertiary/aromatic N) is 1. The fraction of sp³-hybridized carbons (Fsp3) is 0.273. The van der Waals surface area contributed by atoms with E-state index in [0.29, 0.717) is 6.54 Å². The lowest BCUT2D eigenvalue weighted by Gasteiger charge is -2.10. The summed E-state index contributed by atoms with van der Waals surface area (Å²) < 4.78 is 9.19. The number of aryl methyl sites for hydroxylation is 2. The SMILES string of the molecule is Cc1ccc(C)n1NCc1cc(Br)c(Br)o1. The number of aromatic nitrogens is 1. The lowest BCUT2D eigenvalue weighted by molar-refractivity contribution is 0.487. The topological polar surface area (TPSA) is 30.1 Å². The zero-order chi connectivity index (χ0) is 11.7. The summed E-state index contributed by atoms with van der Waals surface area (Å²) in [6.45, 7) is 4.78. The maximum absolute atomic E-state index is 5.49. The molecule has 0 aliphatic carbocycles. The van der Waals surface area contributed by atoms with E-state index in [1.54, 1.807) is 0 Å². The molecule has 2 aromatic heterocycles. The van der Waals surface area contributed by atoms with Crippen molar-refractivity contribution in [3.8, 4) is 0 Å². The Hall–Kier alpha value is -0.680. The van der Waals surface area contributed by atoms with Crippen molar-refractivity contribution >= 4 is 31.9 Å². The van der Waals surface area contributed by atoms with E-state index in [4.69, 9.17) is 4.42 Å². The van der Waals surface area contributed by atoms with Crippen LogP contribution >= 0.6 is 31.9 Å². The fourth-order valence-electron chi connectivity index (χ4n) is 1.55. The van der Waals surface area contributed by atoms with Crippen LogP contribution in [0.5, 0.6) is 0 Å². The molecule has 86 valence electrons. The molecule has 0 saturated carbocycles. The van der Waals surface area contributed by atoms with Crippen LogP contribution in [0.2, 0.25) is 0 Å². The van der Waals surface area contributed by atoms with Gasteiger partial charge in [-0.15, -0.1) is 0 Å². The summed E-state index contributed by atoms with van der Waals surface area (Å²) in [5, 5.41) is 0. The highest BCUT2D eigenvalue weighted by molar-refractivity contribution is 9.13. The monoisotopic (exact) mass is 346 g/mol. The number of halogens is 2. The first kappa shape index (κ1) is 11.8. The molecule has 0 amide bonds. The van der Waals surface area contributed by atoms with E-state index < -0.39 is 0 Å². The number of hydrogen-bond acceptors (Lipinski definition) is 2. The van der Waals surface area contributed by atoms with Gasteiger partial charge in [-0.05, 0) is 63.9 Å². The van der Waals surface area contributed by atoms with Gasteiger partial charge in [0.2, 0.25) is 0 Å². The van der Waals surface area contributed by atoms with Gasteiger partial charge in [0.15, 0.2) is 4.67 Å². The van der Waals surface area contributed by atoms with E-state index in [1.165, 1.54) is 11.4 Å². The Bertz CT molecular complexity index is 463. The van der Waals surface area contributed by atoms with E-state index in [9.17, 15) is 0 Å². The number of nitrogens with one attached hydrogen (secondary N) is 1. The Morgan fingerprint density at radius 1 is 1.25 bits per heavy atom. The Labute approximate surface area is 111 Å². The molecule has 0 aliphatic heterocycles. The van der Waals surface area contributed by atoms with Crippen molar-refractivity contribution in [2.24, 2.45) is 0 Å². The Morgan fingerprint density at radius 2 is 1.88 bits per heavy atom. The van der Waals surface area contributed by atoms with Crippen LogP contribution in [0.25, 0.3) is 0 Å². The minimum Gasteiger partial charge on any atom is -0.451 e. The number of rotatable bonds is 3. The summed E-state index contributed by atoms with van der Waals surface area (Å²) in [6.07, 6.45) is 0. The van der Waals surface area contributed by atoms with E-state index >= 15 is 0 Å². The second-order valence-corrected chi connectivity index (χ2v) is 5.20. The number of furan rings is 1. The van der Waals surface area contributed by atoms with Gasteiger partial charge in [0.05, 0.1) is 11.0 Å². The first-order valence-electron chi connectivity index (χ1n) is 4.90. The second-order valence-electron chi connectivity index (χ2n) is 3.62. The summed E-state index contributed by atoms with van der Waals surface area (Å²) in [6, 6.07) is 6.11. The number of hydrogen-bond donors (Lipinski definition) is 1. The van der Waals surface area contributed by atoms with Gasteiger partial charge in [0, 0.05) is 11.4 Å². The molecule has 2 heterocycles. The second kappa shape index (κ2) is 4.67. The van der Waals surface area contributed by atoms with Gasteiger partial charge in [-0.3, -0.25) is 4.68 Å². The summed E-state index contributed by atoms with van der Waals surface area (Å²) >= 11 is 6.70. The lowest BCUT2D eigenvalue weighted by Crippen LogP contribution is -2.16. The van der Waals surface area contributed by atoms with E-state index in [0.717, 1.165) is 14.9 Å². The van der Waals surface area contributed by atoms with Crippen molar-refractivity contribution < 1.29 is 4.42 Å². The van der Waals surface area contributed by atoms with Crippen LogP contribution < -0.4 is 5.43 Å². The van der Waals surface area contributed by atoms with Crippen LogP contribution in [0, 0.1) is 13.8 Å². The van der Waals surface area contributed by atoms with Gasteiger partial charge in [-0.25, -0.2) is 0 Å². The molecule has 0 fully saturated rings. The third-order valence-electron chi connectivity index (χ3n) is 2.38. The van der Waals surface area contributed by atoms with Gasteiger partial charge < -0.3 is 9.84 Å². The molecule has 5 heteroatoms. The van der Waals surface area contributed by atoms with E-state index in [1.807, 2.05) is 10.7 Å². The Kier molecular flexibility index (Phi) is 3.44. The molecule has 0 bridgehead atoms. The zero-order valence-electron chi connectivity index (χ0n) is 9.05. The van der Waals surface area contributed by atoms with E-state index in [-0.39, 0.29) is 0 Å². The standard InChI is InChI=1S/C11H12Br2N2O/c1-7-3-4-8(2)15(7)14-6-9-5-10(12)11(13)16-9/h3-5,14H,6H2,1-2H3. The van der Waals surface area contributed by atoms with Crippen LogP contribution in [0.3, 0.4) is 0 Å². The van der Waals surface area contributed by atoms with Crippen LogP contribution in [0.4, 0.5) is 0 Å². The lowest BCUT2D eigenvalue weighted by atomic mass is 10.4. The maximum Gasteiger partial charge on any atom is 0.183 e. The van der Waals surface area contributed by atoms with E-state index in [2.05, 4.69) is 63.3 Å². The van der Waals surface area contributed by atoms with Crippen molar-refractivity contribution in [3.05, 3.63) is 44.5 Å². The predicted octanol–water partition coefficient (Wildman–Crippen LogP) is 3.97. The molecule has 2 rings (SSSR count). The molecule has 16 heavy (non-hydrogen) atoms. The molecule has 1 N–H and O–H groups in total. The predicted molar refractivity (Wildman–Crippen MR) is 71.1 cm³/mol. The van der Waals surface area contributed by atoms with Crippen molar-refractivity contribution in [2.75, 3.05) is 5.43 Å². The van der Waals surface area contributed by atoms with Gasteiger partial charge in [0.1, 0.15) is 5.76 Å². The van der Waals surface area contributed by atoms with Crippen LogP contribution in [0.1, 0.15) is 17.1 Å². The summed E-state index contributed by atoms with van der Waals surface area (Å²) in [5.74, 6) is 0.881. The highest BCUT2D eigenvalue weighted by atomic mass is 79.9. The average Bonchev–Trinajstić information content (AvgIpc) is 2.70. The molecule has 3 nitrogen and oxygen atoms in total. The summed E-state index contributed by atoms with van der Waals surface area (Å²) in [4.78, 5) is 0. The van der Waals surface area contributed by atoms with Gasteiger partial charge in [-0.2, -0.15) is 0 Å². The van der Waals surface area contributed by atoms with Crippen molar-refractivity contribution in [1.82, 2.24) is 4.68 Å². The first-order valence-corrected chi connectivity index (χ1v) is 6.49. The summed E-state index contributed by atoms with van der Waals surface area (Å²) in [5.41, 5.74) is 5.66. The maximum atomic E-state index is 5.49. The van der Waals surface area contributed by atoms with Crippen LogP contribution in [0.15, 0.2) is 31.8 Å². The molecule has 0 saturated heterocycles. The Morgan fingerprint density at radius 3 is 2.38 bits per heavy atom. The third-order valence-corrected chi connectivity index (χ3v) is 4.09. The molecule has 0 atom stereocenters. The molecule has 0 spiro atoms. The minimum absolute atomic E-state index is 0.653. The normalized spacial score (nSPS) is 10.8. The molecule has 2 aromatic rings. The molecular formula is C11H12Br2N2O.